The zero-order valence-corrected chi connectivity index (χ0v) is 15.7. The molecule has 0 radical (unpaired) electrons. The molecule has 0 fully saturated rings. The first-order valence-corrected chi connectivity index (χ1v) is 9.11. The highest BCUT2D eigenvalue weighted by Gasteiger charge is 2.37. The highest BCUT2D eigenvalue weighted by molar-refractivity contribution is 7.15. The molecule has 0 unspecified atom stereocenters. The number of nitrogen functional groups attached to an aromatic ring is 1. The summed E-state index contributed by atoms with van der Waals surface area (Å²) in [6, 6.07) is 6.80. The Hall–Kier alpha value is -2.52. The van der Waals surface area contributed by atoms with E-state index >= 15 is 0 Å². The molecule has 0 aliphatic carbocycles. The van der Waals surface area contributed by atoms with Crippen LogP contribution in [-0.4, -0.2) is 5.78 Å². The Morgan fingerprint density at radius 3 is 1.90 bits per heavy atom. The number of hydrogen-bond donors (Lipinski definition) is 1. The van der Waals surface area contributed by atoms with Crippen molar-refractivity contribution < 1.29 is 31.1 Å². The lowest BCUT2D eigenvalue weighted by molar-refractivity contribution is -0.143. The molecule has 0 amide bonds. The Morgan fingerprint density at radius 2 is 1.41 bits per heavy atom. The van der Waals surface area contributed by atoms with Gasteiger partial charge in [0.15, 0.2) is 5.78 Å². The lowest BCUT2D eigenvalue weighted by Gasteiger charge is -2.14. The van der Waals surface area contributed by atoms with Crippen LogP contribution in [0.1, 0.15) is 27.0 Å². The number of benzene rings is 2. The fraction of sp³-hybridized carbons (Fsp3) is 0.105. The minimum atomic E-state index is -5.00. The van der Waals surface area contributed by atoms with Crippen molar-refractivity contribution in [2.75, 3.05) is 5.73 Å². The number of halogens is 7. The Balaban J connectivity index is 2.20. The molecule has 0 aliphatic heterocycles. The maximum Gasteiger partial charge on any atom is 0.416 e. The monoisotopic (exact) mass is 449 g/mol. The van der Waals surface area contributed by atoms with Gasteiger partial charge >= 0.3 is 12.4 Å². The van der Waals surface area contributed by atoms with Crippen LogP contribution in [0.25, 0.3) is 11.1 Å². The molecular formula is C19H10ClF6NOS. The summed E-state index contributed by atoms with van der Waals surface area (Å²) in [6.07, 6.45) is -10.0. The summed E-state index contributed by atoms with van der Waals surface area (Å²) in [7, 11) is 0. The molecule has 3 rings (SSSR count). The van der Waals surface area contributed by atoms with Gasteiger partial charge in [0.1, 0.15) is 0 Å². The summed E-state index contributed by atoms with van der Waals surface area (Å²) in [6.45, 7) is 0. The number of nitrogens with two attached hydrogens (primary N) is 1. The van der Waals surface area contributed by atoms with Gasteiger partial charge in [0.05, 0.1) is 21.7 Å². The molecule has 152 valence electrons. The van der Waals surface area contributed by atoms with Crippen molar-refractivity contribution in [1.29, 1.82) is 0 Å². The van der Waals surface area contributed by atoms with E-state index in [9.17, 15) is 31.1 Å². The lowest BCUT2D eigenvalue weighted by Crippen LogP contribution is -2.11. The minimum Gasteiger partial charge on any atom is -0.390 e. The summed E-state index contributed by atoms with van der Waals surface area (Å²) in [5, 5.41) is 1.59. The molecule has 0 bridgehead atoms. The quantitative estimate of drug-likeness (QED) is 0.348. The molecule has 3 aromatic rings. The molecule has 0 spiro atoms. The van der Waals surface area contributed by atoms with E-state index < -0.39 is 34.8 Å². The van der Waals surface area contributed by atoms with Crippen LogP contribution in [0.2, 0.25) is 5.02 Å². The average molecular weight is 450 g/mol. The van der Waals surface area contributed by atoms with Gasteiger partial charge in [0.2, 0.25) is 0 Å². The number of thiophene rings is 1. The number of carbonyl (C=O) groups is 1. The van der Waals surface area contributed by atoms with Crippen LogP contribution < -0.4 is 5.73 Å². The number of hydrogen-bond acceptors (Lipinski definition) is 3. The van der Waals surface area contributed by atoms with E-state index in [2.05, 4.69) is 0 Å². The molecule has 2 N–H and O–H groups in total. The highest BCUT2D eigenvalue weighted by Crippen LogP contribution is 2.42. The fourth-order valence-electron chi connectivity index (χ4n) is 2.68. The van der Waals surface area contributed by atoms with Crippen molar-refractivity contribution in [2.24, 2.45) is 0 Å². The molecular weight excluding hydrogens is 440 g/mol. The summed E-state index contributed by atoms with van der Waals surface area (Å²) < 4.78 is 78.9. The second kappa shape index (κ2) is 7.38. The zero-order valence-electron chi connectivity index (χ0n) is 14.2. The Morgan fingerprint density at radius 1 is 0.897 bits per heavy atom. The van der Waals surface area contributed by atoms with E-state index in [0.29, 0.717) is 17.2 Å². The van der Waals surface area contributed by atoms with Gasteiger partial charge in [-0.15, -0.1) is 11.3 Å². The molecule has 0 saturated heterocycles. The molecule has 2 aromatic carbocycles. The summed E-state index contributed by atoms with van der Waals surface area (Å²) >= 11 is 6.62. The fourth-order valence-corrected chi connectivity index (χ4v) is 3.62. The smallest absolute Gasteiger partial charge is 0.390 e. The zero-order chi connectivity index (χ0) is 21.6. The molecule has 0 saturated carbocycles. The maximum atomic E-state index is 13.2. The van der Waals surface area contributed by atoms with Crippen LogP contribution >= 0.6 is 22.9 Å². The van der Waals surface area contributed by atoms with Crippen LogP contribution in [0.3, 0.4) is 0 Å². The lowest BCUT2D eigenvalue weighted by atomic mass is 9.94. The first-order valence-electron chi connectivity index (χ1n) is 7.85. The SMILES string of the molecule is Nc1scc(-c2cc(C(F)(F)F)cc(C(F)(F)F)c2)c1C(=O)c1ccc(Cl)cc1. The van der Waals surface area contributed by atoms with Crippen molar-refractivity contribution >= 4 is 33.7 Å². The largest absolute Gasteiger partial charge is 0.416 e. The maximum absolute atomic E-state index is 13.2. The number of anilines is 1. The van der Waals surface area contributed by atoms with Crippen LogP contribution in [0.5, 0.6) is 0 Å². The molecule has 0 atom stereocenters. The summed E-state index contributed by atoms with van der Waals surface area (Å²) in [5.74, 6) is -0.638. The summed E-state index contributed by atoms with van der Waals surface area (Å²) in [5.41, 5.74) is 2.34. The van der Waals surface area contributed by atoms with E-state index in [0.717, 1.165) is 11.3 Å². The van der Waals surface area contributed by atoms with Crippen molar-refractivity contribution in [2.45, 2.75) is 12.4 Å². The molecule has 29 heavy (non-hydrogen) atoms. The van der Waals surface area contributed by atoms with Crippen molar-refractivity contribution in [3.63, 3.8) is 0 Å². The van der Waals surface area contributed by atoms with Gasteiger partial charge in [-0.2, -0.15) is 26.3 Å². The highest BCUT2D eigenvalue weighted by atomic mass is 35.5. The number of ketones is 1. The Bertz CT molecular complexity index is 1040. The Kier molecular flexibility index (Phi) is 5.40. The predicted octanol–water partition coefficient (Wildman–Crippen LogP) is 6.92. The van der Waals surface area contributed by atoms with E-state index in [4.69, 9.17) is 17.3 Å². The van der Waals surface area contributed by atoms with Crippen molar-refractivity contribution in [1.82, 2.24) is 0 Å². The van der Waals surface area contributed by atoms with Crippen LogP contribution in [-0.2, 0) is 12.4 Å². The summed E-state index contributed by atoms with van der Waals surface area (Å²) in [4.78, 5) is 12.8. The Labute approximate surface area is 169 Å². The van der Waals surface area contributed by atoms with Gasteiger partial charge in [-0.3, -0.25) is 4.79 Å². The van der Waals surface area contributed by atoms with E-state index in [1.54, 1.807) is 0 Å². The van der Waals surface area contributed by atoms with Gasteiger partial charge in [-0.05, 0) is 48.0 Å². The van der Waals surface area contributed by atoms with Crippen LogP contribution in [0.15, 0.2) is 47.8 Å². The third-order valence-corrected chi connectivity index (χ3v) is 5.12. The minimum absolute atomic E-state index is 0.0223. The van der Waals surface area contributed by atoms with Crippen LogP contribution in [0, 0.1) is 0 Å². The molecule has 10 heteroatoms. The molecule has 2 nitrogen and oxygen atoms in total. The standard InChI is InChI=1S/C19H10ClF6NOS/c20-13-3-1-9(2-4-13)16(28)15-14(8-29-17(15)27)10-5-11(18(21,22)23)7-12(6-10)19(24,25)26/h1-8H,27H2. The van der Waals surface area contributed by atoms with E-state index in [1.807, 2.05) is 0 Å². The topological polar surface area (TPSA) is 43.1 Å². The first-order chi connectivity index (χ1) is 13.4. The van der Waals surface area contributed by atoms with Gasteiger partial charge in [0.25, 0.3) is 0 Å². The second-order valence-electron chi connectivity index (χ2n) is 6.02. The van der Waals surface area contributed by atoms with Crippen LogP contribution in [0.4, 0.5) is 31.3 Å². The van der Waals surface area contributed by atoms with Crippen molar-refractivity contribution in [3.05, 3.63) is 75.1 Å². The number of alkyl halides is 6. The van der Waals surface area contributed by atoms with Gasteiger partial charge in [0, 0.05) is 21.5 Å². The third kappa shape index (κ3) is 4.40. The molecule has 0 aliphatic rings. The first kappa shape index (κ1) is 21.2. The van der Waals surface area contributed by atoms with Crippen molar-refractivity contribution in [3.8, 4) is 11.1 Å². The van der Waals surface area contributed by atoms with Gasteiger partial charge in [-0.1, -0.05) is 11.6 Å². The second-order valence-corrected chi connectivity index (χ2v) is 7.37. The number of rotatable bonds is 3. The molecule has 1 heterocycles. The third-order valence-electron chi connectivity index (χ3n) is 4.05. The predicted molar refractivity (Wildman–Crippen MR) is 99.1 cm³/mol. The molecule has 1 aromatic heterocycles. The number of carbonyl (C=O) groups excluding carboxylic acids is 1. The average Bonchev–Trinajstić information content (AvgIpc) is 3.01. The van der Waals surface area contributed by atoms with Gasteiger partial charge < -0.3 is 5.73 Å². The normalized spacial score (nSPS) is 12.2. The van der Waals surface area contributed by atoms with E-state index in [-0.39, 0.29) is 27.8 Å². The van der Waals surface area contributed by atoms with Gasteiger partial charge in [-0.25, -0.2) is 0 Å². The van der Waals surface area contributed by atoms with E-state index in [1.165, 1.54) is 29.6 Å².